The SMILES string of the molecule is CC(C)CCC(=O)NCCCNC(C)C. The fourth-order valence-corrected chi connectivity index (χ4v) is 1.22. The van der Waals surface area contributed by atoms with Crippen molar-refractivity contribution < 1.29 is 4.79 Å². The van der Waals surface area contributed by atoms with Crippen molar-refractivity contribution in [2.75, 3.05) is 13.1 Å². The molecule has 0 unspecified atom stereocenters. The maximum Gasteiger partial charge on any atom is 0.220 e. The van der Waals surface area contributed by atoms with Crippen molar-refractivity contribution in [1.82, 2.24) is 10.6 Å². The molecule has 0 atom stereocenters. The molecule has 0 saturated carbocycles. The van der Waals surface area contributed by atoms with Crippen LogP contribution in [0.1, 0.15) is 47.0 Å². The van der Waals surface area contributed by atoms with Gasteiger partial charge in [-0.3, -0.25) is 4.79 Å². The van der Waals surface area contributed by atoms with E-state index in [1.165, 1.54) is 0 Å². The third-order valence-electron chi connectivity index (χ3n) is 2.18. The minimum absolute atomic E-state index is 0.188. The number of nitrogens with one attached hydrogen (secondary N) is 2. The van der Waals surface area contributed by atoms with Gasteiger partial charge in [0, 0.05) is 19.0 Å². The van der Waals surface area contributed by atoms with E-state index in [0.29, 0.717) is 18.4 Å². The molecule has 0 radical (unpaired) electrons. The second-order valence-corrected chi connectivity index (χ2v) is 4.74. The van der Waals surface area contributed by atoms with Gasteiger partial charge in [0.05, 0.1) is 0 Å². The molecule has 0 aromatic heterocycles. The summed E-state index contributed by atoms with van der Waals surface area (Å²) in [6.45, 7) is 10.3. The molecule has 2 N–H and O–H groups in total. The Bertz CT molecular complexity index is 167. The third kappa shape index (κ3) is 11.4. The fraction of sp³-hybridized carbons (Fsp3) is 0.917. The van der Waals surface area contributed by atoms with E-state index in [2.05, 4.69) is 38.3 Å². The Labute approximate surface area is 94.0 Å². The monoisotopic (exact) mass is 214 g/mol. The molecule has 0 aromatic rings. The van der Waals surface area contributed by atoms with Crippen LogP contribution in [0.15, 0.2) is 0 Å². The average molecular weight is 214 g/mol. The van der Waals surface area contributed by atoms with Crippen LogP contribution in [0, 0.1) is 5.92 Å². The summed E-state index contributed by atoms with van der Waals surface area (Å²) in [6, 6.07) is 0.529. The number of hydrogen-bond acceptors (Lipinski definition) is 2. The van der Waals surface area contributed by atoms with Gasteiger partial charge in [-0.1, -0.05) is 27.7 Å². The van der Waals surface area contributed by atoms with Crippen LogP contribution >= 0.6 is 0 Å². The Kier molecular flexibility index (Phi) is 8.38. The first-order valence-corrected chi connectivity index (χ1v) is 6.02. The van der Waals surface area contributed by atoms with Crippen LogP contribution in [-0.2, 0) is 4.79 Å². The smallest absolute Gasteiger partial charge is 0.220 e. The summed E-state index contributed by atoms with van der Waals surface area (Å²) in [6.07, 6.45) is 2.65. The largest absolute Gasteiger partial charge is 0.356 e. The van der Waals surface area contributed by atoms with Crippen molar-refractivity contribution in [2.45, 2.75) is 53.0 Å². The molecule has 0 spiro atoms. The molecular formula is C12H26N2O. The van der Waals surface area contributed by atoms with Crippen LogP contribution in [0.25, 0.3) is 0 Å². The zero-order valence-corrected chi connectivity index (χ0v) is 10.6. The molecule has 0 bridgehead atoms. The fourth-order valence-electron chi connectivity index (χ4n) is 1.22. The average Bonchev–Trinajstić information content (AvgIpc) is 2.13. The Hall–Kier alpha value is -0.570. The quantitative estimate of drug-likeness (QED) is 0.606. The minimum Gasteiger partial charge on any atom is -0.356 e. The predicted octanol–water partition coefficient (Wildman–Crippen LogP) is 1.93. The summed E-state index contributed by atoms with van der Waals surface area (Å²) in [7, 11) is 0. The van der Waals surface area contributed by atoms with Gasteiger partial charge in [0.1, 0.15) is 0 Å². The van der Waals surface area contributed by atoms with E-state index in [1.807, 2.05) is 0 Å². The van der Waals surface area contributed by atoms with Gasteiger partial charge >= 0.3 is 0 Å². The van der Waals surface area contributed by atoms with E-state index in [0.717, 1.165) is 25.9 Å². The van der Waals surface area contributed by atoms with Gasteiger partial charge in [-0.2, -0.15) is 0 Å². The first-order chi connectivity index (χ1) is 7.02. The molecule has 1 amide bonds. The maximum atomic E-state index is 11.3. The van der Waals surface area contributed by atoms with Crippen molar-refractivity contribution in [1.29, 1.82) is 0 Å². The predicted molar refractivity (Wildman–Crippen MR) is 64.8 cm³/mol. The zero-order chi connectivity index (χ0) is 11.7. The van der Waals surface area contributed by atoms with Crippen LogP contribution in [-0.4, -0.2) is 25.0 Å². The molecule has 3 heteroatoms. The Morgan fingerprint density at radius 2 is 1.80 bits per heavy atom. The van der Waals surface area contributed by atoms with E-state index in [-0.39, 0.29) is 5.91 Å². The standard InChI is InChI=1S/C12H26N2O/c1-10(2)6-7-12(15)14-9-5-8-13-11(3)4/h10-11,13H,5-9H2,1-4H3,(H,14,15). The van der Waals surface area contributed by atoms with Gasteiger partial charge in [0.2, 0.25) is 5.91 Å². The summed E-state index contributed by atoms with van der Waals surface area (Å²) >= 11 is 0. The van der Waals surface area contributed by atoms with Gasteiger partial charge in [0.15, 0.2) is 0 Å². The lowest BCUT2D eigenvalue weighted by Crippen LogP contribution is -2.29. The van der Waals surface area contributed by atoms with Crippen molar-refractivity contribution in [3.8, 4) is 0 Å². The number of amides is 1. The number of carbonyl (C=O) groups excluding carboxylic acids is 1. The van der Waals surface area contributed by atoms with Crippen LogP contribution in [0.4, 0.5) is 0 Å². The van der Waals surface area contributed by atoms with Gasteiger partial charge in [-0.15, -0.1) is 0 Å². The van der Waals surface area contributed by atoms with E-state index in [4.69, 9.17) is 0 Å². The summed E-state index contributed by atoms with van der Waals surface area (Å²) in [5.74, 6) is 0.798. The molecule has 0 fully saturated rings. The van der Waals surface area contributed by atoms with E-state index < -0.39 is 0 Å². The Morgan fingerprint density at radius 3 is 2.33 bits per heavy atom. The molecular weight excluding hydrogens is 188 g/mol. The van der Waals surface area contributed by atoms with Crippen LogP contribution in [0.5, 0.6) is 0 Å². The summed E-state index contributed by atoms with van der Waals surface area (Å²) in [5.41, 5.74) is 0. The lowest BCUT2D eigenvalue weighted by Gasteiger charge is -2.09. The maximum absolute atomic E-state index is 11.3. The second-order valence-electron chi connectivity index (χ2n) is 4.74. The first kappa shape index (κ1) is 14.4. The van der Waals surface area contributed by atoms with Gasteiger partial charge < -0.3 is 10.6 Å². The van der Waals surface area contributed by atoms with Crippen LogP contribution in [0.2, 0.25) is 0 Å². The molecule has 3 nitrogen and oxygen atoms in total. The lowest BCUT2D eigenvalue weighted by molar-refractivity contribution is -0.121. The molecule has 15 heavy (non-hydrogen) atoms. The summed E-state index contributed by atoms with van der Waals surface area (Å²) in [4.78, 5) is 11.3. The molecule has 90 valence electrons. The molecule has 0 aliphatic carbocycles. The van der Waals surface area contributed by atoms with Gasteiger partial charge in [-0.05, 0) is 25.3 Å². The lowest BCUT2D eigenvalue weighted by atomic mass is 10.1. The molecule has 0 aromatic carbocycles. The number of rotatable bonds is 8. The van der Waals surface area contributed by atoms with Crippen LogP contribution in [0.3, 0.4) is 0 Å². The second kappa shape index (κ2) is 8.72. The topological polar surface area (TPSA) is 41.1 Å². The number of hydrogen-bond donors (Lipinski definition) is 2. The van der Waals surface area contributed by atoms with Gasteiger partial charge in [-0.25, -0.2) is 0 Å². The highest BCUT2D eigenvalue weighted by Crippen LogP contribution is 2.02. The van der Waals surface area contributed by atoms with E-state index in [9.17, 15) is 4.79 Å². The number of carbonyl (C=O) groups is 1. The van der Waals surface area contributed by atoms with Crippen molar-refractivity contribution in [3.05, 3.63) is 0 Å². The molecule has 0 rings (SSSR count). The van der Waals surface area contributed by atoms with Crippen molar-refractivity contribution in [3.63, 3.8) is 0 Å². The highest BCUT2D eigenvalue weighted by Gasteiger charge is 2.02. The third-order valence-corrected chi connectivity index (χ3v) is 2.18. The Morgan fingerprint density at radius 1 is 1.13 bits per heavy atom. The normalized spacial score (nSPS) is 11.1. The van der Waals surface area contributed by atoms with Crippen LogP contribution < -0.4 is 10.6 Å². The van der Waals surface area contributed by atoms with Gasteiger partial charge in [0.25, 0.3) is 0 Å². The molecule has 0 aliphatic heterocycles. The molecule has 0 heterocycles. The van der Waals surface area contributed by atoms with E-state index >= 15 is 0 Å². The van der Waals surface area contributed by atoms with Crippen molar-refractivity contribution >= 4 is 5.91 Å². The highest BCUT2D eigenvalue weighted by molar-refractivity contribution is 5.75. The zero-order valence-electron chi connectivity index (χ0n) is 10.6. The molecule has 0 saturated heterocycles. The highest BCUT2D eigenvalue weighted by atomic mass is 16.1. The minimum atomic E-state index is 0.188. The van der Waals surface area contributed by atoms with Crippen molar-refractivity contribution in [2.24, 2.45) is 5.92 Å². The van der Waals surface area contributed by atoms with E-state index in [1.54, 1.807) is 0 Å². The Balaban J connectivity index is 3.24. The first-order valence-electron chi connectivity index (χ1n) is 6.02. The molecule has 0 aliphatic rings. The summed E-state index contributed by atoms with van der Waals surface area (Å²) in [5, 5.41) is 6.25. The summed E-state index contributed by atoms with van der Waals surface area (Å²) < 4.78 is 0.